The van der Waals surface area contributed by atoms with Crippen LogP contribution in [0.2, 0.25) is 0 Å². The molecule has 2 aromatic carbocycles. The number of aryl methyl sites for hydroxylation is 1. The molecule has 0 aliphatic heterocycles. The number of rotatable bonds is 1. The molecular formula is C17H15Br. The second kappa shape index (κ2) is 4.40. The molecule has 0 spiro atoms. The Morgan fingerprint density at radius 2 is 1.67 bits per heavy atom. The van der Waals surface area contributed by atoms with Gasteiger partial charge in [0.25, 0.3) is 0 Å². The first-order valence-corrected chi connectivity index (χ1v) is 7.01. The molecule has 0 fully saturated rings. The largest absolute Gasteiger partial charge is 0.0765 e. The minimum Gasteiger partial charge on any atom is -0.0765 e. The summed E-state index contributed by atoms with van der Waals surface area (Å²) >= 11 is 3.64. The summed E-state index contributed by atoms with van der Waals surface area (Å²) < 4.78 is 1.16. The number of fused-ring (bicyclic) bond motifs is 1. The lowest BCUT2D eigenvalue weighted by molar-refractivity contribution is 1.30. The van der Waals surface area contributed by atoms with E-state index >= 15 is 0 Å². The summed E-state index contributed by atoms with van der Waals surface area (Å²) in [6.07, 6.45) is 3.37. The molecule has 3 rings (SSSR count). The summed E-state index contributed by atoms with van der Waals surface area (Å²) in [6, 6.07) is 13.1. The average Bonchev–Trinajstić information content (AvgIpc) is 2.71. The van der Waals surface area contributed by atoms with Crippen LogP contribution in [-0.2, 0) is 6.42 Å². The van der Waals surface area contributed by atoms with Gasteiger partial charge in [0, 0.05) is 4.47 Å². The molecule has 0 saturated heterocycles. The van der Waals surface area contributed by atoms with Crippen LogP contribution in [-0.4, -0.2) is 0 Å². The van der Waals surface area contributed by atoms with Crippen LogP contribution >= 0.6 is 15.9 Å². The molecule has 0 bridgehead atoms. The number of hydrogen-bond acceptors (Lipinski definition) is 0. The third-order valence-corrected chi connectivity index (χ3v) is 4.14. The molecule has 0 nitrogen and oxygen atoms in total. The van der Waals surface area contributed by atoms with Crippen LogP contribution in [0.25, 0.3) is 16.7 Å². The predicted molar refractivity (Wildman–Crippen MR) is 81.7 cm³/mol. The Morgan fingerprint density at radius 3 is 2.44 bits per heavy atom. The Balaban J connectivity index is 2.27. The van der Waals surface area contributed by atoms with Gasteiger partial charge in [-0.3, -0.25) is 0 Å². The van der Waals surface area contributed by atoms with Gasteiger partial charge in [0.05, 0.1) is 0 Å². The van der Waals surface area contributed by atoms with Gasteiger partial charge in [-0.15, -0.1) is 0 Å². The summed E-state index contributed by atoms with van der Waals surface area (Å²) in [5, 5.41) is 0. The van der Waals surface area contributed by atoms with Crippen molar-refractivity contribution in [1.82, 2.24) is 0 Å². The molecule has 0 unspecified atom stereocenters. The van der Waals surface area contributed by atoms with Gasteiger partial charge in [-0.2, -0.15) is 0 Å². The zero-order chi connectivity index (χ0) is 12.7. The summed E-state index contributed by atoms with van der Waals surface area (Å²) in [6.45, 7) is 4.37. The van der Waals surface area contributed by atoms with Gasteiger partial charge in [-0.05, 0) is 65.8 Å². The van der Waals surface area contributed by atoms with Gasteiger partial charge in [0.2, 0.25) is 0 Å². The molecule has 0 heterocycles. The molecule has 0 amide bonds. The molecular weight excluding hydrogens is 284 g/mol. The van der Waals surface area contributed by atoms with Gasteiger partial charge in [-0.25, -0.2) is 0 Å². The van der Waals surface area contributed by atoms with E-state index in [1.165, 1.54) is 33.4 Å². The van der Waals surface area contributed by atoms with E-state index in [2.05, 4.69) is 72.3 Å². The van der Waals surface area contributed by atoms with Gasteiger partial charge in [-0.1, -0.05) is 46.3 Å². The second-order valence-electron chi connectivity index (χ2n) is 4.89. The van der Waals surface area contributed by atoms with Gasteiger partial charge < -0.3 is 0 Å². The number of hydrogen-bond donors (Lipinski definition) is 0. The van der Waals surface area contributed by atoms with E-state index in [1.807, 2.05) is 0 Å². The van der Waals surface area contributed by atoms with Crippen LogP contribution in [0.4, 0.5) is 0 Å². The van der Waals surface area contributed by atoms with Crippen LogP contribution in [0.3, 0.4) is 0 Å². The standard InChI is InChI=1S/C17H15Br/c1-11-5-3-4-6-14(11)17-10-13(18)9-16-12(2)7-8-15(16)17/h3-7,9-10H,8H2,1-2H3. The molecule has 1 aliphatic carbocycles. The Kier molecular flexibility index (Phi) is 2.87. The second-order valence-corrected chi connectivity index (χ2v) is 5.80. The Hall–Kier alpha value is -1.34. The summed E-state index contributed by atoms with van der Waals surface area (Å²) in [5.41, 5.74) is 8.29. The topological polar surface area (TPSA) is 0 Å². The van der Waals surface area contributed by atoms with Crippen LogP contribution < -0.4 is 0 Å². The van der Waals surface area contributed by atoms with E-state index in [1.54, 1.807) is 0 Å². The van der Waals surface area contributed by atoms with E-state index in [0.717, 1.165) is 10.9 Å². The van der Waals surface area contributed by atoms with E-state index in [4.69, 9.17) is 0 Å². The molecule has 90 valence electrons. The number of halogens is 1. The maximum Gasteiger partial charge on any atom is 0.0187 e. The molecule has 0 atom stereocenters. The minimum atomic E-state index is 1.05. The van der Waals surface area contributed by atoms with Crippen molar-refractivity contribution < 1.29 is 0 Å². The third kappa shape index (κ3) is 1.83. The first-order valence-electron chi connectivity index (χ1n) is 6.22. The van der Waals surface area contributed by atoms with Crippen molar-refractivity contribution in [3.8, 4) is 11.1 Å². The van der Waals surface area contributed by atoms with Crippen LogP contribution in [0.1, 0.15) is 23.6 Å². The monoisotopic (exact) mass is 298 g/mol. The van der Waals surface area contributed by atoms with Gasteiger partial charge in [0.1, 0.15) is 0 Å². The maximum absolute atomic E-state index is 3.64. The fourth-order valence-corrected chi connectivity index (χ4v) is 3.15. The van der Waals surface area contributed by atoms with Crippen molar-refractivity contribution in [3.63, 3.8) is 0 Å². The van der Waals surface area contributed by atoms with Crippen molar-refractivity contribution in [2.24, 2.45) is 0 Å². The smallest absolute Gasteiger partial charge is 0.0187 e. The van der Waals surface area contributed by atoms with E-state index in [9.17, 15) is 0 Å². The molecule has 2 aromatic rings. The van der Waals surface area contributed by atoms with Crippen molar-refractivity contribution in [2.75, 3.05) is 0 Å². The van der Waals surface area contributed by atoms with E-state index in [0.29, 0.717) is 0 Å². The molecule has 0 N–H and O–H groups in total. The molecule has 1 heteroatoms. The number of benzene rings is 2. The zero-order valence-corrected chi connectivity index (χ0v) is 12.2. The zero-order valence-electron chi connectivity index (χ0n) is 10.6. The highest BCUT2D eigenvalue weighted by atomic mass is 79.9. The number of allylic oxidation sites excluding steroid dienone is 2. The minimum absolute atomic E-state index is 1.05. The van der Waals surface area contributed by atoms with E-state index < -0.39 is 0 Å². The van der Waals surface area contributed by atoms with Crippen LogP contribution in [0.15, 0.2) is 46.9 Å². The highest BCUT2D eigenvalue weighted by molar-refractivity contribution is 9.10. The predicted octanol–water partition coefficient (Wildman–Crippen LogP) is 5.38. The van der Waals surface area contributed by atoms with Crippen LogP contribution in [0.5, 0.6) is 0 Å². The Labute approximate surface area is 116 Å². The summed E-state index contributed by atoms with van der Waals surface area (Å²) in [5.74, 6) is 0. The van der Waals surface area contributed by atoms with Gasteiger partial charge in [0.15, 0.2) is 0 Å². The highest BCUT2D eigenvalue weighted by Crippen LogP contribution is 2.38. The fourth-order valence-electron chi connectivity index (χ4n) is 2.69. The Bertz CT molecular complexity index is 651. The Morgan fingerprint density at radius 1 is 0.944 bits per heavy atom. The summed E-state index contributed by atoms with van der Waals surface area (Å²) in [7, 11) is 0. The SMILES string of the molecule is CC1=CCc2c1cc(Br)cc2-c1ccccc1C. The van der Waals surface area contributed by atoms with Crippen molar-refractivity contribution in [1.29, 1.82) is 0 Å². The molecule has 18 heavy (non-hydrogen) atoms. The lowest BCUT2D eigenvalue weighted by Crippen LogP contribution is -1.92. The maximum atomic E-state index is 3.64. The molecule has 0 radical (unpaired) electrons. The average molecular weight is 299 g/mol. The first kappa shape index (κ1) is 11.7. The first-order chi connectivity index (χ1) is 8.66. The molecule has 1 aliphatic rings. The summed E-state index contributed by atoms with van der Waals surface area (Å²) in [4.78, 5) is 0. The fraction of sp³-hybridized carbons (Fsp3) is 0.176. The van der Waals surface area contributed by atoms with Gasteiger partial charge >= 0.3 is 0 Å². The quantitative estimate of drug-likeness (QED) is 0.663. The molecule has 0 saturated carbocycles. The lowest BCUT2D eigenvalue weighted by Gasteiger charge is -2.13. The van der Waals surface area contributed by atoms with Crippen molar-refractivity contribution in [3.05, 3.63) is 63.6 Å². The van der Waals surface area contributed by atoms with Crippen molar-refractivity contribution in [2.45, 2.75) is 20.3 Å². The third-order valence-electron chi connectivity index (χ3n) is 3.69. The molecule has 0 aromatic heterocycles. The van der Waals surface area contributed by atoms with Crippen molar-refractivity contribution >= 4 is 21.5 Å². The van der Waals surface area contributed by atoms with Crippen LogP contribution in [0, 0.1) is 6.92 Å². The van der Waals surface area contributed by atoms with E-state index in [-0.39, 0.29) is 0 Å². The highest BCUT2D eigenvalue weighted by Gasteiger charge is 2.17. The normalized spacial score (nSPS) is 13.4. The lowest BCUT2D eigenvalue weighted by atomic mass is 9.93.